The Kier molecular flexibility index (Phi) is 6.90. The maximum atomic E-state index is 11.1. The van der Waals surface area contributed by atoms with Gasteiger partial charge in [-0.05, 0) is 52.1 Å². The van der Waals surface area contributed by atoms with E-state index < -0.39 is 12.0 Å². The Bertz CT molecular complexity index is 755. The maximum Gasteiger partial charge on any atom is 0.328 e. The fourth-order valence-electron chi connectivity index (χ4n) is 2.33. The van der Waals surface area contributed by atoms with E-state index in [1.165, 1.54) is 11.3 Å². The minimum atomic E-state index is -0.906. The van der Waals surface area contributed by atoms with Crippen LogP contribution in [-0.4, -0.2) is 60.0 Å². The van der Waals surface area contributed by atoms with E-state index in [4.69, 9.17) is 9.84 Å². The fraction of sp³-hybridized carbons (Fsp3) is 0.500. The first-order chi connectivity index (χ1) is 11.9. The van der Waals surface area contributed by atoms with Gasteiger partial charge < -0.3 is 14.7 Å². The quantitative estimate of drug-likeness (QED) is 0.546. The molecule has 0 saturated carbocycles. The molecule has 0 aliphatic rings. The van der Waals surface area contributed by atoms with Crippen molar-refractivity contribution < 1.29 is 14.6 Å². The highest BCUT2D eigenvalue weighted by Gasteiger charge is 2.15. The summed E-state index contributed by atoms with van der Waals surface area (Å²) in [5.74, 6) is -0.0793. The SMILES string of the molecule is CC[C@@H](N=C(C)c1nc2ccc(OCCCN(C)C)cc2s1)C(=O)O. The number of thiazole rings is 1. The summed E-state index contributed by atoms with van der Waals surface area (Å²) < 4.78 is 6.80. The summed E-state index contributed by atoms with van der Waals surface area (Å²) in [5.41, 5.74) is 1.53. The predicted octanol–water partition coefficient (Wildman–Crippen LogP) is 3.30. The average Bonchev–Trinajstić information content (AvgIpc) is 2.99. The summed E-state index contributed by atoms with van der Waals surface area (Å²) in [5, 5.41) is 9.89. The van der Waals surface area contributed by atoms with Crippen LogP contribution in [0.15, 0.2) is 23.2 Å². The number of aliphatic carboxylic acids is 1. The molecule has 25 heavy (non-hydrogen) atoms. The second-order valence-corrected chi connectivity index (χ2v) is 7.16. The van der Waals surface area contributed by atoms with Crippen LogP contribution in [0.4, 0.5) is 0 Å². The van der Waals surface area contributed by atoms with Crippen LogP contribution < -0.4 is 4.74 Å². The van der Waals surface area contributed by atoms with E-state index in [1.807, 2.05) is 46.1 Å². The van der Waals surface area contributed by atoms with Gasteiger partial charge in [0, 0.05) is 6.54 Å². The standard InChI is InChI=1S/C18H25N3O3S/c1-5-14(18(22)23)19-12(2)17-20-15-8-7-13(11-16(15)25-17)24-10-6-9-21(3)4/h7-8,11,14H,5-6,9-10H2,1-4H3,(H,22,23)/t14-/m1/s1. The summed E-state index contributed by atoms with van der Waals surface area (Å²) >= 11 is 1.50. The van der Waals surface area contributed by atoms with Gasteiger partial charge in [-0.2, -0.15) is 0 Å². The molecule has 1 aromatic heterocycles. The Hall–Kier alpha value is -1.99. The predicted molar refractivity (Wildman–Crippen MR) is 102 cm³/mol. The first-order valence-electron chi connectivity index (χ1n) is 8.36. The van der Waals surface area contributed by atoms with Crippen molar-refractivity contribution in [3.63, 3.8) is 0 Å². The summed E-state index contributed by atoms with van der Waals surface area (Å²) in [6.07, 6.45) is 1.43. The van der Waals surface area contributed by atoms with E-state index in [1.54, 1.807) is 0 Å². The van der Waals surface area contributed by atoms with E-state index in [-0.39, 0.29) is 0 Å². The topological polar surface area (TPSA) is 75.0 Å². The highest BCUT2D eigenvalue weighted by atomic mass is 32.1. The number of hydrogen-bond donors (Lipinski definition) is 1. The molecule has 0 saturated heterocycles. The molecule has 2 rings (SSSR count). The van der Waals surface area contributed by atoms with Gasteiger partial charge in [0.2, 0.25) is 0 Å². The highest BCUT2D eigenvalue weighted by molar-refractivity contribution is 7.20. The summed E-state index contributed by atoms with van der Waals surface area (Å²) in [7, 11) is 4.09. The normalized spacial score (nSPS) is 13.4. The van der Waals surface area contributed by atoms with Gasteiger partial charge in [0.05, 0.1) is 22.5 Å². The van der Waals surface area contributed by atoms with Gasteiger partial charge in [0.15, 0.2) is 0 Å². The van der Waals surface area contributed by atoms with Gasteiger partial charge in [0.1, 0.15) is 16.8 Å². The van der Waals surface area contributed by atoms with E-state index in [2.05, 4.69) is 14.9 Å². The third-order valence-electron chi connectivity index (χ3n) is 3.71. The van der Waals surface area contributed by atoms with Gasteiger partial charge >= 0.3 is 5.97 Å². The van der Waals surface area contributed by atoms with Crippen LogP contribution >= 0.6 is 11.3 Å². The van der Waals surface area contributed by atoms with Gasteiger partial charge in [0.25, 0.3) is 0 Å². The van der Waals surface area contributed by atoms with E-state index in [0.717, 1.165) is 33.9 Å². The molecule has 0 amide bonds. The summed E-state index contributed by atoms with van der Waals surface area (Å²) in [6, 6.07) is 5.11. The molecule has 0 unspecified atom stereocenters. The molecular formula is C18H25N3O3S. The number of carboxylic acid groups (broad SMARTS) is 1. The van der Waals surface area contributed by atoms with Crippen LogP contribution in [0.3, 0.4) is 0 Å². The van der Waals surface area contributed by atoms with Crippen molar-refractivity contribution in [3.05, 3.63) is 23.2 Å². The number of carbonyl (C=O) groups is 1. The highest BCUT2D eigenvalue weighted by Crippen LogP contribution is 2.27. The summed E-state index contributed by atoms with van der Waals surface area (Å²) in [6.45, 7) is 5.28. The Labute approximate surface area is 152 Å². The lowest BCUT2D eigenvalue weighted by molar-refractivity contribution is -0.138. The molecule has 2 aromatic rings. The fourth-order valence-corrected chi connectivity index (χ4v) is 3.28. The Morgan fingerprint density at radius 2 is 2.20 bits per heavy atom. The molecule has 1 N–H and O–H groups in total. The second-order valence-electron chi connectivity index (χ2n) is 6.13. The lowest BCUT2D eigenvalue weighted by atomic mass is 10.2. The number of fused-ring (bicyclic) bond motifs is 1. The smallest absolute Gasteiger partial charge is 0.328 e. The molecular weight excluding hydrogens is 338 g/mol. The number of aliphatic imine (C=N–C) groups is 1. The van der Waals surface area contributed by atoms with Crippen molar-refractivity contribution in [3.8, 4) is 5.75 Å². The number of aromatic nitrogens is 1. The first kappa shape index (κ1) is 19.3. The number of benzene rings is 1. The van der Waals surface area contributed by atoms with E-state index >= 15 is 0 Å². The van der Waals surface area contributed by atoms with Gasteiger partial charge in [-0.1, -0.05) is 6.92 Å². The minimum Gasteiger partial charge on any atom is -0.493 e. The van der Waals surface area contributed by atoms with Crippen molar-refractivity contribution >= 4 is 33.2 Å². The zero-order valence-electron chi connectivity index (χ0n) is 15.2. The lowest BCUT2D eigenvalue weighted by Crippen LogP contribution is -2.18. The number of nitrogens with zero attached hydrogens (tertiary/aromatic N) is 3. The van der Waals surface area contributed by atoms with Crippen molar-refractivity contribution in [2.24, 2.45) is 4.99 Å². The second kappa shape index (κ2) is 8.92. The zero-order chi connectivity index (χ0) is 18.4. The summed E-state index contributed by atoms with van der Waals surface area (Å²) in [4.78, 5) is 22.1. The number of ether oxygens (including phenoxy) is 1. The number of hydrogen-bond acceptors (Lipinski definition) is 6. The minimum absolute atomic E-state index is 0.461. The van der Waals surface area contributed by atoms with E-state index in [9.17, 15) is 4.79 Å². The van der Waals surface area contributed by atoms with Crippen LogP contribution in [0.2, 0.25) is 0 Å². The van der Waals surface area contributed by atoms with E-state index in [0.29, 0.717) is 18.7 Å². The average molecular weight is 363 g/mol. The van der Waals surface area contributed by atoms with Crippen molar-refractivity contribution in [1.29, 1.82) is 0 Å². The van der Waals surface area contributed by atoms with Crippen molar-refractivity contribution in [2.75, 3.05) is 27.2 Å². The Morgan fingerprint density at radius 1 is 1.44 bits per heavy atom. The Morgan fingerprint density at radius 3 is 2.84 bits per heavy atom. The van der Waals surface area contributed by atoms with Gasteiger partial charge in [-0.25, -0.2) is 9.78 Å². The molecule has 1 heterocycles. The van der Waals surface area contributed by atoms with Crippen molar-refractivity contribution in [1.82, 2.24) is 9.88 Å². The number of carboxylic acids is 1. The molecule has 0 fully saturated rings. The molecule has 0 bridgehead atoms. The van der Waals surface area contributed by atoms with Crippen LogP contribution in [0.5, 0.6) is 5.75 Å². The zero-order valence-corrected chi connectivity index (χ0v) is 16.0. The van der Waals surface area contributed by atoms with Crippen LogP contribution in [-0.2, 0) is 4.79 Å². The van der Waals surface area contributed by atoms with Gasteiger partial charge in [-0.15, -0.1) is 11.3 Å². The van der Waals surface area contributed by atoms with Crippen molar-refractivity contribution in [2.45, 2.75) is 32.7 Å². The third kappa shape index (κ3) is 5.51. The molecule has 0 spiro atoms. The Balaban J connectivity index is 2.11. The molecule has 136 valence electrons. The molecule has 6 nitrogen and oxygen atoms in total. The third-order valence-corrected chi connectivity index (χ3v) is 4.84. The number of rotatable bonds is 9. The molecule has 0 aliphatic heterocycles. The molecule has 1 atom stereocenters. The van der Waals surface area contributed by atoms with Crippen LogP contribution in [0, 0.1) is 0 Å². The largest absolute Gasteiger partial charge is 0.493 e. The first-order valence-corrected chi connectivity index (χ1v) is 9.18. The maximum absolute atomic E-state index is 11.1. The molecule has 0 radical (unpaired) electrons. The van der Waals surface area contributed by atoms with Crippen LogP contribution in [0.25, 0.3) is 10.2 Å². The molecule has 0 aliphatic carbocycles. The molecule has 7 heteroatoms. The monoisotopic (exact) mass is 363 g/mol. The lowest BCUT2D eigenvalue weighted by Gasteiger charge is -2.10. The van der Waals surface area contributed by atoms with Gasteiger partial charge in [-0.3, -0.25) is 4.99 Å². The van der Waals surface area contributed by atoms with Crippen LogP contribution in [0.1, 0.15) is 31.7 Å². The molecule has 1 aromatic carbocycles.